The van der Waals surface area contributed by atoms with Gasteiger partial charge in [0.05, 0.1) is 5.56 Å². The number of carbonyl (C=O) groups is 1. The van der Waals surface area contributed by atoms with Gasteiger partial charge in [0, 0.05) is 0 Å². The van der Waals surface area contributed by atoms with Gasteiger partial charge in [0.15, 0.2) is 0 Å². The molecule has 4 aromatic rings. The van der Waals surface area contributed by atoms with Gasteiger partial charge in [-0.1, -0.05) is 0 Å². The number of hydrogen-bond donors (Lipinski definition) is 2. The fourth-order valence-electron chi connectivity index (χ4n) is 4.32. The molecule has 40 heavy (non-hydrogen) atoms. The Kier molecular flexibility index (Phi) is 7.76. The number of ether oxygens (including phenoxy) is 1. The van der Waals surface area contributed by atoms with Crippen LogP contribution in [0.3, 0.4) is 0 Å². The van der Waals surface area contributed by atoms with E-state index in [1.165, 1.54) is 6.33 Å². The van der Waals surface area contributed by atoms with Gasteiger partial charge in [-0.05, 0) is 12.1 Å². The number of hydrogen-bond acceptors (Lipinski definition) is 5. The summed E-state index contributed by atoms with van der Waals surface area (Å²) in [6.45, 7) is 3.01. The number of carbonyl (C=O) groups excluding carboxylic acids is 1. The number of benzene rings is 2. The molecule has 8 nitrogen and oxygen atoms in total. The molecule has 1 saturated heterocycles. The summed E-state index contributed by atoms with van der Waals surface area (Å²) >= 11 is 2.25. The van der Waals surface area contributed by atoms with Gasteiger partial charge < -0.3 is 0 Å². The van der Waals surface area contributed by atoms with Crippen LogP contribution in [0.4, 0.5) is 42.5 Å². The van der Waals surface area contributed by atoms with Crippen molar-refractivity contribution < 1.29 is 35.9 Å². The summed E-state index contributed by atoms with van der Waals surface area (Å²) in [5.41, 5.74) is -1.23. The molecule has 0 spiro atoms. The Bertz CT molecular complexity index is 1590. The number of rotatable bonds is 5. The Hall–Kier alpha value is -3.61. The molecule has 2 aromatic heterocycles. The fourth-order valence-corrected chi connectivity index (χ4v) is 4.88. The third-order valence-corrected chi connectivity index (χ3v) is 6.92. The molecule has 2 N–H and O–H groups in total. The minimum absolute atomic E-state index is 0.125. The number of fused-ring (bicyclic) bond motifs is 1. The second-order valence-electron chi connectivity index (χ2n) is 8.87. The van der Waals surface area contributed by atoms with Crippen LogP contribution in [0.2, 0.25) is 0 Å². The Morgan fingerprint density at radius 2 is 1.65 bits per heavy atom. The van der Waals surface area contributed by atoms with Gasteiger partial charge in [-0.3, -0.25) is 0 Å². The normalized spacial score (nSPS) is 14.5. The van der Waals surface area contributed by atoms with E-state index >= 15 is 8.78 Å². The van der Waals surface area contributed by atoms with Crippen LogP contribution in [0, 0.1) is 17.5 Å². The minimum atomic E-state index is -4.78. The molecule has 2 amide bonds. The summed E-state index contributed by atoms with van der Waals surface area (Å²) in [7, 11) is 0. The number of anilines is 2. The van der Waals surface area contributed by atoms with Gasteiger partial charge >= 0.3 is 197 Å². The average Bonchev–Trinajstić information content (AvgIpc) is 3.26. The van der Waals surface area contributed by atoms with Crippen LogP contribution in [0.15, 0.2) is 42.7 Å². The molecule has 2 radical (unpaired) electrons. The molecule has 1 aliphatic heterocycles. The van der Waals surface area contributed by atoms with E-state index in [1.54, 1.807) is 10.6 Å². The van der Waals surface area contributed by atoms with Crippen LogP contribution >= 0.6 is 0 Å². The molecule has 1 fully saturated rings. The standard InChI is InChI=1S/C25H19AsF6N6O2/c26-23-22-16(8-14(38(22)34-12-33-23)11-37-3-5-40-6-4-37)15-9-19(29)21(10-18(15)28)36-24(39)35-20-7-13(25(30,31)32)1-2-17(20)27/h1-2,7-10,12H,3-6,11H2,(H2,35,36,39). The second-order valence-corrected chi connectivity index (χ2v) is 9.75. The summed E-state index contributed by atoms with van der Waals surface area (Å²) < 4.78 is 90.7. The number of nitrogens with one attached hydrogen (secondary N) is 2. The Morgan fingerprint density at radius 3 is 2.35 bits per heavy atom. The average molecular weight is 624 g/mol. The van der Waals surface area contributed by atoms with Gasteiger partial charge in [-0.15, -0.1) is 0 Å². The van der Waals surface area contributed by atoms with Crippen molar-refractivity contribution in [1.29, 1.82) is 0 Å². The zero-order chi connectivity index (χ0) is 28.6. The van der Waals surface area contributed by atoms with E-state index in [4.69, 9.17) is 4.74 Å². The summed E-state index contributed by atoms with van der Waals surface area (Å²) in [6, 6.07) is 3.46. The summed E-state index contributed by atoms with van der Waals surface area (Å²) in [4.78, 5) is 18.6. The first kappa shape index (κ1) is 27.9. The first-order valence-corrected chi connectivity index (χ1v) is 12.7. The topological polar surface area (TPSA) is 83.8 Å². The van der Waals surface area contributed by atoms with Crippen molar-refractivity contribution in [2.45, 2.75) is 12.7 Å². The van der Waals surface area contributed by atoms with Crippen LogP contribution < -0.4 is 15.1 Å². The van der Waals surface area contributed by atoms with Crippen molar-refractivity contribution in [3.8, 4) is 11.1 Å². The van der Waals surface area contributed by atoms with Crippen LogP contribution in [0.5, 0.6) is 0 Å². The number of aromatic nitrogens is 3. The molecule has 0 aliphatic carbocycles. The zero-order valence-electron chi connectivity index (χ0n) is 20.4. The van der Waals surface area contributed by atoms with Crippen LogP contribution in [0.1, 0.15) is 11.3 Å². The molecule has 1 aliphatic rings. The van der Waals surface area contributed by atoms with E-state index in [-0.39, 0.29) is 5.56 Å². The third kappa shape index (κ3) is 5.79. The quantitative estimate of drug-likeness (QED) is 0.258. The second kappa shape index (κ2) is 11.1. The van der Waals surface area contributed by atoms with Crippen molar-refractivity contribution in [3.63, 3.8) is 0 Å². The molecular formula is C25H19AsF6N6O2. The number of morpholine rings is 1. The number of amides is 2. The van der Waals surface area contributed by atoms with Crippen LogP contribution in [-0.2, 0) is 17.5 Å². The predicted molar refractivity (Wildman–Crippen MR) is 134 cm³/mol. The number of nitrogens with zero attached hydrogens (tertiary/aromatic N) is 4. The molecular weight excluding hydrogens is 605 g/mol. The van der Waals surface area contributed by atoms with E-state index in [2.05, 4.69) is 31.8 Å². The zero-order valence-corrected chi connectivity index (χ0v) is 22.3. The summed E-state index contributed by atoms with van der Waals surface area (Å²) in [5, 5.41) is 8.18. The fraction of sp³-hybridized carbons (Fsp3) is 0.240. The molecule has 3 heterocycles. The van der Waals surface area contributed by atoms with Crippen LogP contribution in [0.25, 0.3) is 16.6 Å². The molecule has 0 atom stereocenters. The Labute approximate surface area is 231 Å². The van der Waals surface area contributed by atoms with E-state index in [0.29, 0.717) is 72.3 Å². The number of halogens is 6. The van der Waals surface area contributed by atoms with Crippen molar-refractivity contribution in [2.24, 2.45) is 0 Å². The van der Waals surface area contributed by atoms with Gasteiger partial charge in [0.25, 0.3) is 0 Å². The molecule has 0 unspecified atom stereocenters. The SMILES string of the molecule is O=C(Nc1cc(C(F)(F)F)ccc1F)Nc1cc(F)c(-c2cc(CN3CCOCC3)n3ncnc([As])c23)cc1F. The Morgan fingerprint density at radius 1 is 0.950 bits per heavy atom. The monoisotopic (exact) mass is 624 g/mol. The van der Waals surface area contributed by atoms with Crippen molar-refractivity contribution in [3.05, 3.63) is 71.4 Å². The first-order chi connectivity index (χ1) is 19.0. The first-order valence-electron chi connectivity index (χ1n) is 11.8. The molecule has 2 aromatic carbocycles. The predicted octanol–water partition coefficient (Wildman–Crippen LogP) is 4.10. The van der Waals surface area contributed by atoms with E-state index < -0.39 is 46.6 Å². The van der Waals surface area contributed by atoms with E-state index in [9.17, 15) is 22.4 Å². The molecule has 0 bridgehead atoms. The van der Waals surface area contributed by atoms with Gasteiger partial charge in [-0.25, -0.2) is 4.39 Å². The Balaban J connectivity index is 1.43. The van der Waals surface area contributed by atoms with Crippen molar-refractivity contribution >= 4 is 44.3 Å². The van der Waals surface area contributed by atoms with Crippen molar-refractivity contribution in [2.75, 3.05) is 36.9 Å². The third-order valence-electron chi connectivity index (χ3n) is 6.24. The van der Waals surface area contributed by atoms with Crippen molar-refractivity contribution in [1.82, 2.24) is 19.5 Å². The number of urea groups is 1. The van der Waals surface area contributed by atoms with Gasteiger partial charge in [0.1, 0.15) is 0 Å². The molecule has 15 heteroatoms. The molecule has 5 rings (SSSR count). The molecule has 208 valence electrons. The maximum absolute atomic E-state index is 15.4. The summed E-state index contributed by atoms with van der Waals surface area (Å²) in [5.74, 6) is -3.08. The van der Waals surface area contributed by atoms with Gasteiger partial charge in [0.2, 0.25) is 0 Å². The van der Waals surface area contributed by atoms with Gasteiger partial charge in [-0.2, -0.15) is 13.2 Å². The maximum atomic E-state index is 15.4. The van der Waals surface area contributed by atoms with E-state index in [0.717, 1.165) is 12.1 Å². The molecule has 0 saturated carbocycles. The van der Waals surface area contributed by atoms with Crippen LogP contribution in [-0.4, -0.2) is 68.7 Å². The van der Waals surface area contributed by atoms with E-state index in [1.807, 2.05) is 10.6 Å². The number of alkyl halides is 3. The summed E-state index contributed by atoms with van der Waals surface area (Å²) in [6.07, 6.45) is -3.43.